The summed E-state index contributed by atoms with van der Waals surface area (Å²) in [5.41, 5.74) is -0.959. The second-order valence-corrected chi connectivity index (χ2v) is 6.20. The van der Waals surface area contributed by atoms with Crippen LogP contribution in [0.2, 0.25) is 0 Å². The Labute approximate surface area is 118 Å². The van der Waals surface area contributed by atoms with Crippen molar-refractivity contribution < 1.29 is 21.8 Å². The van der Waals surface area contributed by atoms with Gasteiger partial charge in [-0.2, -0.15) is 13.2 Å². The van der Waals surface area contributed by atoms with Gasteiger partial charge in [-0.05, 0) is 31.0 Å². The van der Waals surface area contributed by atoms with Gasteiger partial charge in [0.05, 0.1) is 5.56 Å². The molecule has 0 amide bonds. The molecule has 0 radical (unpaired) electrons. The number of benzene rings is 1. The molecule has 2 atom stereocenters. The Balaban J connectivity index is 2.70. The summed E-state index contributed by atoms with van der Waals surface area (Å²) in [7, 11) is -0.925. The summed E-state index contributed by atoms with van der Waals surface area (Å²) in [5.74, 6) is -0.417. The zero-order valence-electron chi connectivity index (χ0n) is 11.3. The second kappa shape index (κ2) is 7.17. The van der Waals surface area contributed by atoms with Crippen LogP contribution in [-0.2, 0) is 23.5 Å². The smallest absolute Gasteiger partial charge is 0.310 e. The lowest BCUT2D eigenvalue weighted by atomic mass is 10.1. The van der Waals surface area contributed by atoms with E-state index in [1.54, 1.807) is 6.26 Å². The number of hydrogen-bond acceptors (Lipinski definition) is 2. The van der Waals surface area contributed by atoms with Gasteiger partial charge in [0.15, 0.2) is 0 Å². The maximum atomic E-state index is 12.9. The van der Waals surface area contributed by atoms with Crippen LogP contribution in [0.3, 0.4) is 0 Å². The van der Waals surface area contributed by atoms with Crippen LogP contribution in [0.1, 0.15) is 24.5 Å². The lowest BCUT2D eigenvalue weighted by Crippen LogP contribution is -2.28. The Morgan fingerprint density at radius 2 is 2.00 bits per heavy atom. The summed E-state index contributed by atoms with van der Waals surface area (Å²) >= 11 is 0. The summed E-state index contributed by atoms with van der Waals surface area (Å²) in [6.45, 7) is 1.80. The summed E-state index contributed by atoms with van der Waals surface area (Å²) < 4.78 is 62.2. The van der Waals surface area contributed by atoms with Crippen LogP contribution in [-0.4, -0.2) is 22.3 Å². The fourth-order valence-electron chi connectivity index (χ4n) is 1.70. The molecule has 0 saturated carbocycles. The molecule has 0 aromatic heterocycles. The maximum Gasteiger partial charge on any atom is 0.416 e. The predicted molar refractivity (Wildman–Crippen MR) is 71.3 cm³/mol. The van der Waals surface area contributed by atoms with E-state index in [-0.39, 0.29) is 18.2 Å². The van der Waals surface area contributed by atoms with E-state index in [4.69, 9.17) is 0 Å². The van der Waals surface area contributed by atoms with Crippen molar-refractivity contribution in [1.29, 1.82) is 0 Å². The minimum Gasteiger partial charge on any atom is -0.310 e. The molecule has 0 fully saturated rings. The molecule has 0 bridgehead atoms. The van der Waals surface area contributed by atoms with Crippen molar-refractivity contribution in [3.63, 3.8) is 0 Å². The van der Waals surface area contributed by atoms with Crippen LogP contribution < -0.4 is 5.32 Å². The summed E-state index contributed by atoms with van der Waals surface area (Å²) in [5, 5.41) is 2.93. The van der Waals surface area contributed by atoms with Gasteiger partial charge in [0.25, 0.3) is 0 Å². The van der Waals surface area contributed by atoms with E-state index in [9.17, 15) is 21.8 Å². The van der Waals surface area contributed by atoms with Gasteiger partial charge in [0.2, 0.25) is 0 Å². The van der Waals surface area contributed by atoms with Gasteiger partial charge in [-0.15, -0.1) is 0 Å². The van der Waals surface area contributed by atoms with Crippen LogP contribution in [0.25, 0.3) is 0 Å². The average Bonchev–Trinajstić information content (AvgIpc) is 2.33. The second-order valence-electron chi connectivity index (χ2n) is 4.65. The number of halogens is 4. The van der Waals surface area contributed by atoms with E-state index in [0.29, 0.717) is 18.2 Å². The molecular formula is C13H17F4NOS. The highest BCUT2D eigenvalue weighted by molar-refractivity contribution is 7.84. The zero-order valence-corrected chi connectivity index (χ0v) is 12.1. The van der Waals surface area contributed by atoms with E-state index >= 15 is 0 Å². The molecular weight excluding hydrogens is 294 g/mol. The number of nitrogens with one attached hydrogen (secondary N) is 1. The molecule has 0 aliphatic carbocycles. The third kappa shape index (κ3) is 5.58. The van der Waals surface area contributed by atoms with Gasteiger partial charge in [-0.3, -0.25) is 4.21 Å². The van der Waals surface area contributed by atoms with Crippen molar-refractivity contribution >= 4 is 10.8 Å². The Morgan fingerprint density at radius 3 is 2.55 bits per heavy atom. The van der Waals surface area contributed by atoms with Gasteiger partial charge < -0.3 is 5.32 Å². The maximum absolute atomic E-state index is 12.9. The van der Waals surface area contributed by atoms with E-state index in [0.717, 1.165) is 12.1 Å². The van der Waals surface area contributed by atoms with Gasteiger partial charge in [0.1, 0.15) is 5.82 Å². The van der Waals surface area contributed by atoms with Crippen molar-refractivity contribution in [1.82, 2.24) is 5.32 Å². The molecule has 0 spiro atoms. The molecule has 20 heavy (non-hydrogen) atoms. The highest BCUT2D eigenvalue weighted by atomic mass is 32.2. The molecule has 114 valence electrons. The van der Waals surface area contributed by atoms with E-state index < -0.39 is 28.4 Å². The third-order valence-electron chi connectivity index (χ3n) is 2.86. The molecule has 0 aliphatic rings. The van der Waals surface area contributed by atoms with Gasteiger partial charge in [-0.1, -0.05) is 6.07 Å². The third-order valence-corrected chi connectivity index (χ3v) is 3.67. The molecule has 0 heterocycles. The van der Waals surface area contributed by atoms with Crippen molar-refractivity contribution in [3.8, 4) is 0 Å². The molecule has 0 saturated heterocycles. The molecule has 1 rings (SSSR count). The normalized spacial score (nSPS) is 15.1. The van der Waals surface area contributed by atoms with Crippen LogP contribution in [0.15, 0.2) is 18.2 Å². The monoisotopic (exact) mass is 311 g/mol. The highest BCUT2D eigenvalue weighted by Crippen LogP contribution is 2.32. The van der Waals surface area contributed by atoms with Crippen LogP contribution in [0.4, 0.5) is 17.6 Å². The van der Waals surface area contributed by atoms with Crippen LogP contribution >= 0.6 is 0 Å². The van der Waals surface area contributed by atoms with Gasteiger partial charge in [0, 0.05) is 35.4 Å². The molecule has 7 heteroatoms. The number of alkyl halides is 3. The van der Waals surface area contributed by atoms with Crippen LogP contribution in [0, 0.1) is 5.82 Å². The van der Waals surface area contributed by atoms with Crippen molar-refractivity contribution in [2.24, 2.45) is 0 Å². The van der Waals surface area contributed by atoms with E-state index in [1.165, 1.54) is 0 Å². The predicted octanol–water partition coefficient (Wildman–Crippen LogP) is 3.09. The fourth-order valence-corrected chi connectivity index (χ4v) is 2.38. The Hall–Kier alpha value is -0.950. The van der Waals surface area contributed by atoms with Crippen molar-refractivity contribution in [3.05, 3.63) is 35.1 Å². The fraction of sp³-hybridized carbons (Fsp3) is 0.538. The standard InChI is InChI=1S/C13H17F4NOS/c1-9(5-6-20(2)19)18-8-10-3-4-11(14)7-12(10)13(15,16)17/h3-4,7,9,18H,5-6,8H2,1-2H3. The summed E-state index contributed by atoms with van der Waals surface area (Å²) in [6, 6.07) is 2.58. The Morgan fingerprint density at radius 1 is 1.35 bits per heavy atom. The lowest BCUT2D eigenvalue weighted by molar-refractivity contribution is -0.138. The Bertz CT molecular complexity index is 476. The SMILES string of the molecule is CC(CCS(C)=O)NCc1ccc(F)cc1C(F)(F)F. The van der Waals surface area contributed by atoms with E-state index in [2.05, 4.69) is 5.32 Å². The minimum absolute atomic E-state index is 0.00312. The highest BCUT2D eigenvalue weighted by Gasteiger charge is 2.33. The van der Waals surface area contributed by atoms with Crippen LogP contribution in [0.5, 0.6) is 0 Å². The average molecular weight is 311 g/mol. The Kier molecular flexibility index (Phi) is 6.13. The molecule has 2 unspecified atom stereocenters. The molecule has 2 nitrogen and oxygen atoms in total. The largest absolute Gasteiger partial charge is 0.416 e. The number of rotatable bonds is 6. The zero-order chi connectivity index (χ0) is 15.3. The summed E-state index contributed by atoms with van der Waals surface area (Å²) in [6.07, 6.45) is -2.40. The minimum atomic E-state index is -4.58. The van der Waals surface area contributed by atoms with Gasteiger partial charge >= 0.3 is 6.18 Å². The molecule has 1 aromatic carbocycles. The molecule has 1 N–H and O–H groups in total. The van der Waals surface area contributed by atoms with E-state index in [1.807, 2.05) is 6.92 Å². The number of hydrogen-bond donors (Lipinski definition) is 1. The quantitative estimate of drug-likeness (QED) is 0.818. The van der Waals surface area contributed by atoms with Crippen molar-refractivity contribution in [2.75, 3.05) is 12.0 Å². The topological polar surface area (TPSA) is 29.1 Å². The first-order chi connectivity index (χ1) is 9.20. The first-order valence-electron chi connectivity index (χ1n) is 6.09. The lowest BCUT2D eigenvalue weighted by Gasteiger charge is -2.17. The van der Waals surface area contributed by atoms with Crippen molar-refractivity contribution in [2.45, 2.75) is 32.1 Å². The molecule has 1 aromatic rings. The molecule has 0 aliphatic heterocycles. The van der Waals surface area contributed by atoms with Gasteiger partial charge in [-0.25, -0.2) is 4.39 Å². The summed E-state index contributed by atoms with van der Waals surface area (Å²) in [4.78, 5) is 0. The first kappa shape index (κ1) is 17.1. The first-order valence-corrected chi connectivity index (χ1v) is 7.82.